The Morgan fingerprint density at radius 3 is 2.24 bits per heavy atom. The molecule has 1 amide bonds. The van der Waals surface area contributed by atoms with E-state index in [1.165, 1.54) is 32.3 Å². The largest absolute Gasteiger partial charge is 0.368 e. The number of benzene rings is 3. The van der Waals surface area contributed by atoms with E-state index in [4.69, 9.17) is 11.6 Å². The molecule has 1 saturated heterocycles. The number of hydrogen-bond acceptors (Lipinski definition) is 4. The van der Waals surface area contributed by atoms with Crippen molar-refractivity contribution in [2.24, 2.45) is 0 Å². The van der Waals surface area contributed by atoms with E-state index in [9.17, 15) is 17.6 Å². The smallest absolute Gasteiger partial charge is 0.303 e. The third kappa shape index (κ3) is 5.89. The van der Waals surface area contributed by atoms with E-state index >= 15 is 0 Å². The van der Waals surface area contributed by atoms with Crippen molar-refractivity contribution in [2.75, 3.05) is 49.5 Å². The summed E-state index contributed by atoms with van der Waals surface area (Å²) in [4.78, 5) is 17.2. The predicted octanol–water partition coefficient (Wildman–Crippen LogP) is 4.56. The topological polar surface area (TPSA) is 64.2 Å². The number of amides is 1. The fourth-order valence-corrected chi connectivity index (χ4v) is 5.59. The molecule has 0 bridgehead atoms. The molecule has 10 heteroatoms. The summed E-state index contributed by atoms with van der Waals surface area (Å²) in [6.45, 7) is 4.52. The first-order chi connectivity index (χ1) is 17.6. The van der Waals surface area contributed by atoms with Crippen LogP contribution in [0.1, 0.15) is 21.5 Å². The quantitative estimate of drug-likeness (QED) is 0.437. The Bertz CT molecular complexity index is 1370. The maximum Gasteiger partial charge on any atom is 0.303 e. The van der Waals surface area contributed by atoms with Crippen LogP contribution < -0.4 is 9.21 Å². The summed E-state index contributed by atoms with van der Waals surface area (Å²) in [6, 6.07) is 18.4. The zero-order chi connectivity index (χ0) is 26.7. The molecule has 3 aromatic rings. The number of carbonyl (C=O) groups is 1. The number of nitrogens with zero attached hydrogens (tertiary/aromatic N) is 4. The lowest BCUT2D eigenvalue weighted by molar-refractivity contribution is 0.0746. The van der Waals surface area contributed by atoms with Gasteiger partial charge in [-0.1, -0.05) is 41.9 Å². The van der Waals surface area contributed by atoms with E-state index in [1.54, 1.807) is 30.3 Å². The Morgan fingerprint density at radius 2 is 1.62 bits per heavy atom. The summed E-state index contributed by atoms with van der Waals surface area (Å²) < 4.78 is 42.5. The minimum absolute atomic E-state index is 0.0378. The molecule has 0 radical (unpaired) electrons. The lowest BCUT2D eigenvalue weighted by atomic mass is 10.1. The van der Waals surface area contributed by atoms with Gasteiger partial charge in [-0.3, -0.25) is 9.10 Å². The molecule has 3 aromatic carbocycles. The normalized spacial score (nSPS) is 14.2. The number of para-hydroxylation sites is 1. The van der Waals surface area contributed by atoms with E-state index in [0.29, 0.717) is 42.3 Å². The zero-order valence-corrected chi connectivity index (χ0v) is 22.6. The highest BCUT2D eigenvalue weighted by Gasteiger charge is 2.28. The Morgan fingerprint density at radius 1 is 0.973 bits per heavy atom. The van der Waals surface area contributed by atoms with Crippen LogP contribution >= 0.6 is 11.6 Å². The van der Waals surface area contributed by atoms with Gasteiger partial charge in [0, 0.05) is 56.5 Å². The van der Waals surface area contributed by atoms with Gasteiger partial charge in [-0.15, -0.1) is 0 Å². The average Bonchev–Trinajstić information content (AvgIpc) is 2.89. The molecule has 196 valence electrons. The lowest BCUT2D eigenvalue weighted by Crippen LogP contribution is -2.49. The Hall–Kier alpha value is -3.14. The van der Waals surface area contributed by atoms with Crippen molar-refractivity contribution >= 4 is 39.1 Å². The van der Waals surface area contributed by atoms with Gasteiger partial charge in [-0.2, -0.15) is 12.7 Å². The van der Waals surface area contributed by atoms with Crippen molar-refractivity contribution in [3.8, 4) is 0 Å². The highest BCUT2D eigenvalue weighted by molar-refractivity contribution is 7.90. The summed E-state index contributed by atoms with van der Waals surface area (Å²) in [5, 5.41) is 0.686. The van der Waals surface area contributed by atoms with Gasteiger partial charge in [-0.25, -0.2) is 4.39 Å². The zero-order valence-electron chi connectivity index (χ0n) is 21.1. The number of anilines is 2. The molecule has 0 atom stereocenters. The van der Waals surface area contributed by atoms with Crippen LogP contribution in [0, 0.1) is 12.7 Å². The second-order valence-electron chi connectivity index (χ2n) is 9.16. The second kappa shape index (κ2) is 11.1. The first kappa shape index (κ1) is 26.9. The van der Waals surface area contributed by atoms with E-state index < -0.39 is 16.0 Å². The number of rotatable bonds is 7. The predicted molar refractivity (Wildman–Crippen MR) is 146 cm³/mol. The molecule has 1 aliphatic heterocycles. The SMILES string of the molecule is Cc1ccc(Cl)cc1N1CCN(C(=O)c2ccc(CN(c3ccccc3F)S(=O)(=O)N(C)C)cc2)CC1. The first-order valence-corrected chi connectivity index (χ1v) is 13.7. The molecule has 1 fully saturated rings. The molecule has 4 rings (SSSR count). The number of halogens is 2. The molecular formula is C27H30ClFN4O3S. The van der Waals surface area contributed by atoms with Crippen LogP contribution in [-0.2, 0) is 16.8 Å². The van der Waals surface area contributed by atoms with Gasteiger partial charge in [0.15, 0.2) is 0 Å². The van der Waals surface area contributed by atoms with E-state index in [1.807, 2.05) is 30.0 Å². The number of aryl methyl sites for hydroxylation is 1. The fraction of sp³-hybridized carbons (Fsp3) is 0.296. The minimum Gasteiger partial charge on any atom is -0.368 e. The Labute approximate surface area is 222 Å². The van der Waals surface area contributed by atoms with E-state index in [-0.39, 0.29) is 18.1 Å². The molecule has 0 spiro atoms. The van der Waals surface area contributed by atoms with Gasteiger partial charge in [0.1, 0.15) is 5.82 Å². The molecular weight excluding hydrogens is 515 g/mol. The standard InChI is InChI=1S/C27H30ClFN4O3S/c1-20-8-13-23(28)18-26(20)31-14-16-32(17-15-31)27(34)22-11-9-21(10-12-22)19-33(37(35,36)30(2)3)25-7-5-4-6-24(25)29/h4-13,18H,14-17,19H2,1-3H3. The van der Waals surface area contributed by atoms with Crippen LogP contribution in [0.5, 0.6) is 0 Å². The van der Waals surface area contributed by atoms with Crippen molar-refractivity contribution in [1.82, 2.24) is 9.21 Å². The third-order valence-electron chi connectivity index (χ3n) is 6.47. The van der Waals surface area contributed by atoms with Crippen molar-refractivity contribution in [1.29, 1.82) is 0 Å². The molecule has 37 heavy (non-hydrogen) atoms. The lowest BCUT2D eigenvalue weighted by Gasteiger charge is -2.37. The molecule has 0 aromatic heterocycles. The van der Waals surface area contributed by atoms with Gasteiger partial charge in [0.2, 0.25) is 0 Å². The summed E-state index contributed by atoms with van der Waals surface area (Å²) in [5.41, 5.74) is 3.33. The monoisotopic (exact) mass is 544 g/mol. The average molecular weight is 545 g/mol. The van der Waals surface area contributed by atoms with Gasteiger partial charge < -0.3 is 9.80 Å². The number of carbonyl (C=O) groups excluding carboxylic acids is 1. The van der Waals surface area contributed by atoms with Crippen LogP contribution in [-0.4, -0.2) is 63.8 Å². The van der Waals surface area contributed by atoms with Gasteiger partial charge in [0.05, 0.1) is 12.2 Å². The molecule has 0 saturated carbocycles. The number of piperazine rings is 1. The fourth-order valence-electron chi connectivity index (χ4n) is 4.32. The van der Waals surface area contributed by atoms with Crippen LogP contribution in [0.4, 0.5) is 15.8 Å². The summed E-state index contributed by atoms with van der Waals surface area (Å²) in [5.74, 6) is -0.715. The third-order valence-corrected chi connectivity index (χ3v) is 8.51. The molecule has 1 heterocycles. The van der Waals surface area contributed by atoms with Gasteiger partial charge in [-0.05, 0) is 54.4 Å². The highest BCUT2D eigenvalue weighted by Crippen LogP contribution is 2.27. The van der Waals surface area contributed by atoms with Crippen molar-refractivity contribution in [3.63, 3.8) is 0 Å². The molecule has 0 aliphatic carbocycles. The molecule has 0 N–H and O–H groups in total. The first-order valence-electron chi connectivity index (χ1n) is 11.9. The highest BCUT2D eigenvalue weighted by atomic mass is 35.5. The summed E-state index contributed by atoms with van der Waals surface area (Å²) in [6.07, 6.45) is 0. The molecule has 0 unspecified atom stereocenters. The van der Waals surface area contributed by atoms with Crippen LogP contribution in [0.3, 0.4) is 0 Å². The van der Waals surface area contributed by atoms with E-state index in [2.05, 4.69) is 4.90 Å². The van der Waals surface area contributed by atoms with Crippen molar-refractivity contribution in [3.05, 3.63) is 94.3 Å². The summed E-state index contributed by atoms with van der Waals surface area (Å²) >= 11 is 6.17. The van der Waals surface area contributed by atoms with Crippen molar-refractivity contribution in [2.45, 2.75) is 13.5 Å². The minimum atomic E-state index is -3.95. The van der Waals surface area contributed by atoms with Gasteiger partial charge in [0.25, 0.3) is 5.91 Å². The molecule has 1 aliphatic rings. The summed E-state index contributed by atoms with van der Waals surface area (Å²) in [7, 11) is -1.15. The maximum atomic E-state index is 14.5. The van der Waals surface area contributed by atoms with Crippen LogP contribution in [0.2, 0.25) is 5.02 Å². The van der Waals surface area contributed by atoms with Gasteiger partial charge >= 0.3 is 10.2 Å². The van der Waals surface area contributed by atoms with Crippen LogP contribution in [0.25, 0.3) is 0 Å². The van der Waals surface area contributed by atoms with E-state index in [0.717, 1.165) is 19.9 Å². The maximum absolute atomic E-state index is 14.5. The number of hydrogen-bond donors (Lipinski definition) is 0. The van der Waals surface area contributed by atoms with Crippen molar-refractivity contribution < 1.29 is 17.6 Å². The Kier molecular flexibility index (Phi) is 8.06. The second-order valence-corrected chi connectivity index (χ2v) is 11.7. The van der Waals surface area contributed by atoms with Crippen LogP contribution in [0.15, 0.2) is 66.7 Å². The molecule has 7 nitrogen and oxygen atoms in total. The Balaban J connectivity index is 1.46.